The Morgan fingerprint density at radius 3 is 2.50 bits per heavy atom. The van der Waals surface area contributed by atoms with Gasteiger partial charge in [-0.3, -0.25) is 4.90 Å². The molecule has 1 aliphatic carbocycles. The standard InChI is InChI=1S/C29H33N3O4/c1-35-28(33)21-11-12-22-25(19-21)31-13-14-32(29(34)30-15-17-36-18-16-30)24-10-6-5-9-23(24)27(31)26(22)20-7-3-2-4-8-20/h5-6,9-12,19-20H,2-4,7-8,13-18H2,1H3. The van der Waals surface area contributed by atoms with E-state index in [0.29, 0.717) is 50.9 Å². The third kappa shape index (κ3) is 3.86. The fourth-order valence-electron chi connectivity index (χ4n) is 6.30. The van der Waals surface area contributed by atoms with Crippen LogP contribution in [0.2, 0.25) is 0 Å². The van der Waals surface area contributed by atoms with Gasteiger partial charge in [0.2, 0.25) is 0 Å². The van der Waals surface area contributed by atoms with Crippen LogP contribution in [0.15, 0.2) is 42.5 Å². The molecular weight excluding hydrogens is 454 g/mol. The zero-order valence-corrected chi connectivity index (χ0v) is 20.9. The first kappa shape index (κ1) is 23.1. The Morgan fingerprint density at radius 2 is 1.72 bits per heavy atom. The molecule has 188 valence electrons. The zero-order chi connectivity index (χ0) is 24.6. The van der Waals surface area contributed by atoms with Crippen LogP contribution < -0.4 is 4.90 Å². The average molecular weight is 488 g/mol. The summed E-state index contributed by atoms with van der Waals surface area (Å²) >= 11 is 0. The molecule has 2 fully saturated rings. The molecule has 6 rings (SSSR count). The van der Waals surface area contributed by atoms with E-state index in [1.54, 1.807) is 0 Å². The molecule has 7 heteroatoms. The number of morpholine rings is 1. The minimum absolute atomic E-state index is 0.0373. The van der Waals surface area contributed by atoms with E-state index in [2.05, 4.69) is 28.8 Å². The van der Waals surface area contributed by atoms with E-state index >= 15 is 0 Å². The van der Waals surface area contributed by atoms with Crippen LogP contribution >= 0.6 is 0 Å². The largest absolute Gasteiger partial charge is 0.465 e. The molecule has 1 saturated carbocycles. The number of amides is 2. The summed E-state index contributed by atoms with van der Waals surface area (Å²) in [5, 5.41) is 1.22. The van der Waals surface area contributed by atoms with Gasteiger partial charge in [-0.25, -0.2) is 9.59 Å². The van der Waals surface area contributed by atoms with Gasteiger partial charge >= 0.3 is 12.0 Å². The smallest absolute Gasteiger partial charge is 0.337 e. The van der Waals surface area contributed by atoms with Crippen molar-refractivity contribution in [2.45, 2.75) is 44.6 Å². The molecule has 36 heavy (non-hydrogen) atoms. The van der Waals surface area contributed by atoms with Crippen LogP contribution in [0.3, 0.4) is 0 Å². The van der Waals surface area contributed by atoms with Crippen LogP contribution in [0.25, 0.3) is 22.2 Å². The van der Waals surface area contributed by atoms with E-state index in [4.69, 9.17) is 9.47 Å². The Labute approximate surface area is 211 Å². The van der Waals surface area contributed by atoms with Crippen LogP contribution in [-0.2, 0) is 16.0 Å². The molecule has 3 heterocycles. The summed E-state index contributed by atoms with van der Waals surface area (Å²) in [5.74, 6) is 0.140. The van der Waals surface area contributed by atoms with E-state index in [1.165, 1.54) is 55.9 Å². The number of anilines is 1. The number of urea groups is 1. The van der Waals surface area contributed by atoms with Crippen molar-refractivity contribution in [1.29, 1.82) is 0 Å². The lowest BCUT2D eigenvalue weighted by Gasteiger charge is -2.33. The number of nitrogens with zero attached hydrogens (tertiary/aromatic N) is 3. The van der Waals surface area contributed by atoms with Crippen LogP contribution in [0.1, 0.15) is 53.9 Å². The van der Waals surface area contributed by atoms with Gasteiger partial charge in [-0.2, -0.15) is 0 Å². The first-order chi connectivity index (χ1) is 17.7. The van der Waals surface area contributed by atoms with Crippen LogP contribution in [0, 0.1) is 0 Å². The Kier molecular flexibility index (Phi) is 6.17. The molecule has 2 amide bonds. The fraction of sp³-hybridized carbons (Fsp3) is 0.448. The molecule has 1 aromatic heterocycles. The summed E-state index contributed by atoms with van der Waals surface area (Å²) in [6, 6.07) is 14.3. The molecule has 7 nitrogen and oxygen atoms in total. The minimum Gasteiger partial charge on any atom is -0.465 e. The third-order valence-corrected chi connectivity index (χ3v) is 8.05. The van der Waals surface area contributed by atoms with Crippen molar-refractivity contribution in [1.82, 2.24) is 9.47 Å². The lowest BCUT2D eigenvalue weighted by atomic mass is 9.81. The number of carbonyl (C=O) groups is 2. The first-order valence-electron chi connectivity index (χ1n) is 13.2. The molecule has 0 spiro atoms. The van der Waals surface area contributed by atoms with Gasteiger partial charge in [0.05, 0.1) is 37.3 Å². The fourth-order valence-corrected chi connectivity index (χ4v) is 6.30. The summed E-state index contributed by atoms with van der Waals surface area (Å²) in [6.07, 6.45) is 6.10. The molecule has 0 radical (unpaired) electrons. The minimum atomic E-state index is -0.329. The second-order valence-electron chi connectivity index (χ2n) is 10.0. The molecule has 0 unspecified atom stereocenters. The number of benzene rings is 2. The topological polar surface area (TPSA) is 64.0 Å². The molecule has 0 atom stereocenters. The Hall–Kier alpha value is -3.32. The molecule has 3 aliphatic rings. The van der Waals surface area contributed by atoms with Crippen molar-refractivity contribution in [2.75, 3.05) is 44.9 Å². The summed E-state index contributed by atoms with van der Waals surface area (Å²) in [7, 11) is 1.42. The van der Waals surface area contributed by atoms with Gasteiger partial charge in [0.25, 0.3) is 0 Å². The Balaban J connectivity index is 1.54. The van der Waals surface area contributed by atoms with E-state index in [1.807, 2.05) is 28.0 Å². The monoisotopic (exact) mass is 487 g/mol. The molecule has 1 saturated heterocycles. The number of hydrogen-bond donors (Lipinski definition) is 0. The SMILES string of the molecule is COC(=O)c1ccc2c(C3CCCCC3)c3n(c2c1)CCN(C(=O)N1CCOCC1)c1ccccc1-3. The number of carbonyl (C=O) groups excluding carboxylic acids is 2. The van der Waals surface area contributed by atoms with Crippen molar-refractivity contribution < 1.29 is 19.1 Å². The van der Waals surface area contributed by atoms with Crippen molar-refractivity contribution in [2.24, 2.45) is 0 Å². The van der Waals surface area contributed by atoms with Crippen molar-refractivity contribution in [3.63, 3.8) is 0 Å². The Morgan fingerprint density at radius 1 is 0.944 bits per heavy atom. The number of esters is 1. The summed E-state index contributed by atoms with van der Waals surface area (Å²) in [4.78, 5) is 30.0. The predicted octanol–water partition coefficient (Wildman–Crippen LogP) is 5.41. The summed E-state index contributed by atoms with van der Waals surface area (Å²) in [5.41, 5.74) is 6.22. The molecular formula is C29H33N3O4. The second-order valence-corrected chi connectivity index (χ2v) is 10.0. The molecule has 0 N–H and O–H groups in total. The van der Waals surface area contributed by atoms with Gasteiger partial charge in [0.1, 0.15) is 0 Å². The van der Waals surface area contributed by atoms with Gasteiger partial charge in [0, 0.05) is 42.6 Å². The van der Waals surface area contributed by atoms with Crippen molar-refractivity contribution in [3.8, 4) is 11.3 Å². The second kappa shape index (κ2) is 9.62. The highest BCUT2D eigenvalue weighted by molar-refractivity contribution is 6.03. The third-order valence-electron chi connectivity index (χ3n) is 8.05. The number of para-hydroxylation sites is 1. The maximum atomic E-state index is 13.7. The number of aromatic nitrogens is 1. The number of ether oxygens (including phenoxy) is 2. The quantitative estimate of drug-likeness (QED) is 0.453. The van der Waals surface area contributed by atoms with Gasteiger partial charge in [-0.05, 0) is 42.5 Å². The van der Waals surface area contributed by atoms with E-state index < -0.39 is 0 Å². The lowest BCUT2D eigenvalue weighted by Crippen LogP contribution is -2.49. The van der Waals surface area contributed by atoms with Gasteiger partial charge in [-0.1, -0.05) is 43.5 Å². The normalized spacial score (nSPS) is 18.5. The molecule has 3 aromatic rings. The average Bonchev–Trinajstić information content (AvgIpc) is 3.17. The van der Waals surface area contributed by atoms with E-state index in [9.17, 15) is 9.59 Å². The van der Waals surface area contributed by atoms with Crippen LogP contribution in [-0.4, -0.2) is 61.4 Å². The number of fused-ring (bicyclic) bond motifs is 5. The lowest BCUT2D eigenvalue weighted by molar-refractivity contribution is 0.0548. The summed E-state index contributed by atoms with van der Waals surface area (Å²) in [6.45, 7) is 3.61. The maximum absolute atomic E-state index is 13.7. The zero-order valence-electron chi connectivity index (χ0n) is 20.9. The number of rotatable bonds is 2. The van der Waals surface area contributed by atoms with Gasteiger partial charge in [-0.15, -0.1) is 0 Å². The predicted molar refractivity (Wildman–Crippen MR) is 140 cm³/mol. The number of methoxy groups -OCH3 is 1. The molecule has 0 bridgehead atoms. The van der Waals surface area contributed by atoms with Crippen LogP contribution in [0.4, 0.5) is 10.5 Å². The van der Waals surface area contributed by atoms with Gasteiger partial charge < -0.3 is 18.9 Å². The highest BCUT2D eigenvalue weighted by Crippen LogP contribution is 2.47. The van der Waals surface area contributed by atoms with E-state index in [0.717, 1.165) is 16.8 Å². The highest BCUT2D eigenvalue weighted by Gasteiger charge is 2.33. The summed E-state index contributed by atoms with van der Waals surface area (Å²) < 4.78 is 12.9. The van der Waals surface area contributed by atoms with Crippen molar-refractivity contribution >= 4 is 28.6 Å². The van der Waals surface area contributed by atoms with E-state index in [-0.39, 0.29) is 12.0 Å². The van der Waals surface area contributed by atoms with Crippen molar-refractivity contribution in [3.05, 3.63) is 53.6 Å². The first-order valence-corrected chi connectivity index (χ1v) is 13.2. The van der Waals surface area contributed by atoms with Crippen LogP contribution in [0.5, 0.6) is 0 Å². The Bertz CT molecular complexity index is 1300. The van der Waals surface area contributed by atoms with Gasteiger partial charge in [0.15, 0.2) is 0 Å². The molecule has 2 aliphatic heterocycles. The molecule has 2 aromatic carbocycles. The highest BCUT2D eigenvalue weighted by atomic mass is 16.5. The maximum Gasteiger partial charge on any atom is 0.337 e. The number of hydrogen-bond acceptors (Lipinski definition) is 4.